The number of nitrogens with one attached hydrogen (secondary N) is 2. The third-order valence-electron chi connectivity index (χ3n) is 4.13. The lowest BCUT2D eigenvalue weighted by molar-refractivity contribution is -0.383. The fraction of sp³-hybridized carbons (Fsp3) is 0.0556. The van der Waals surface area contributed by atoms with Gasteiger partial charge in [0.1, 0.15) is 5.69 Å². The zero-order valence-electron chi connectivity index (χ0n) is 14.1. The number of aromatic nitrogens is 4. The highest BCUT2D eigenvalue weighted by molar-refractivity contribution is 5.79. The van der Waals surface area contributed by atoms with Gasteiger partial charge in [-0.15, -0.1) is 0 Å². The highest BCUT2D eigenvalue weighted by Crippen LogP contribution is 2.33. The van der Waals surface area contributed by atoms with Crippen molar-refractivity contribution in [3.8, 4) is 11.3 Å². The van der Waals surface area contributed by atoms with Crippen LogP contribution >= 0.6 is 0 Å². The van der Waals surface area contributed by atoms with Crippen LogP contribution in [0.25, 0.3) is 22.2 Å². The van der Waals surface area contributed by atoms with Gasteiger partial charge in [-0.2, -0.15) is 5.10 Å². The first-order valence-corrected chi connectivity index (χ1v) is 8.13. The van der Waals surface area contributed by atoms with Crippen molar-refractivity contribution in [1.82, 2.24) is 20.2 Å². The molecule has 0 amide bonds. The molecule has 0 saturated carbocycles. The first-order chi connectivity index (χ1) is 13.1. The SMILES string of the molecule is Nc1cc(-c2cn[nH]c2)nc(NCc2ccc3ncccc3c2)c1[N+](=O)[O-]. The first kappa shape index (κ1) is 16.5. The number of aromatic amines is 1. The summed E-state index contributed by atoms with van der Waals surface area (Å²) >= 11 is 0. The van der Waals surface area contributed by atoms with Crippen molar-refractivity contribution in [2.24, 2.45) is 0 Å². The second-order valence-electron chi connectivity index (χ2n) is 5.92. The van der Waals surface area contributed by atoms with Gasteiger partial charge >= 0.3 is 5.69 Å². The molecule has 0 aliphatic heterocycles. The quantitative estimate of drug-likeness (QED) is 0.367. The monoisotopic (exact) mass is 361 g/mol. The van der Waals surface area contributed by atoms with Crippen molar-refractivity contribution in [1.29, 1.82) is 0 Å². The Balaban J connectivity index is 1.67. The predicted octanol–water partition coefficient (Wildman–Crippen LogP) is 3.12. The Morgan fingerprint density at radius 3 is 2.93 bits per heavy atom. The van der Waals surface area contributed by atoms with Gasteiger partial charge in [0.05, 0.1) is 22.3 Å². The van der Waals surface area contributed by atoms with E-state index >= 15 is 0 Å². The van der Waals surface area contributed by atoms with E-state index in [9.17, 15) is 10.1 Å². The fourth-order valence-corrected chi connectivity index (χ4v) is 2.83. The lowest BCUT2D eigenvalue weighted by Crippen LogP contribution is -2.08. The molecule has 0 radical (unpaired) electrons. The lowest BCUT2D eigenvalue weighted by atomic mass is 10.1. The number of benzene rings is 1. The number of nitro groups is 1. The number of nitrogens with two attached hydrogens (primary N) is 1. The molecule has 0 atom stereocenters. The van der Waals surface area contributed by atoms with E-state index < -0.39 is 4.92 Å². The summed E-state index contributed by atoms with van der Waals surface area (Å²) in [5.41, 5.74) is 8.72. The van der Waals surface area contributed by atoms with Gasteiger partial charge in [0.15, 0.2) is 0 Å². The molecule has 0 spiro atoms. The maximum Gasteiger partial charge on any atom is 0.334 e. The molecule has 1 aromatic carbocycles. The summed E-state index contributed by atoms with van der Waals surface area (Å²) < 4.78 is 0. The van der Waals surface area contributed by atoms with Crippen molar-refractivity contribution >= 4 is 28.1 Å². The highest BCUT2D eigenvalue weighted by Gasteiger charge is 2.22. The van der Waals surface area contributed by atoms with Crippen LogP contribution in [0.5, 0.6) is 0 Å². The Morgan fingerprint density at radius 1 is 1.26 bits per heavy atom. The van der Waals surface area contributed by atoms with E-state index in [1.54, 1.807) is 18.6 Å². The summed E-state index contributed by atoms with van der Waals surface area (Å²) in [6.07, 6.45) is 4.96. The second kappa shape index (κ2) is 6.71. The van der Waals surface area contributed by atoms with Gasteiger partial charge in [-0.3, -0.25) is 20.2 Å². The van der Waals surface area contributed by atoms with Crippen molar-refractivity contribution < 1.29 is 4.92 Å². The molecule has 3 aromatic heterocycles. The van der Waals surface area contributed by atoms with E-state index in [4.69, 9.17) is 5.73 Å². The summed E-state index contributed by atoms with van der Waals surface area (Å²) in [6.45, 7) is 0.354. The third-order valence-corrected chi connectivity index (χ3v) is 4.13. The smallest absolute Gasteiger partial charge is 0.334 e. The molecule has 9 nitrogen and oxygen atoms in total. The van der Waals surface area contributed by atoms with Gasteiger partial charge in [-0.1, -0.05) is 12.1 Å². The predicted molar refractivity (Wildman–Crippen MR) is 102 cm³/mol. The molecule has 4 N–H and O–H groups in total. The molecule has 0 aliphatic carbocycles. The van der Waals surface area contributed by atoms with Crippen LogP contribution in [0.2, 0.25) is 0 Å². The number of anilines is 2. The molecule has 3 heterocycles. The maximum absolute atomic E-state index is 11.4. The summed E-state index contributed by atoms with van der Waals surface area (Å²) in [7, 11) is 0. The topological polar surface area (TPSA) is 136 Å². The van der Waals surface area contributed by atoms with Crippen LogP contribution in [-0.2, 0) is 6.54 Å². The molecule has 0 saturated heterocycles. The Morgan fingerprint density at radius 2 is 2.15 bits per heavy atom. The highest BCUT2D eigenvalue weighted by atomic mass is 16.6. The average molecular weight is 361 g/mol. The normalized spacial score (nSPS) is 10.8. The molecule has 0 fully saturated rings. The number of pyridine rings is 2. The van der Waals surface area contributed by atoms with E-state index in [0.717, 1.165) is 16.5 Å². The molecule has 4 aromatic rings. The van der Waals surface area contributed by atoms with Crippen LogP contribution in [0.15, 0.2) is 55.0 Å². The number of nitrogen functional groups attached to an aromatic ring is 1. The number of hydrogen-bond donors (Lipinski definition) is 3. The molecule has 4 rings (SSSR count). The minimum absolute atomic E-state index is 0.0383. The van der Waals surface area contributed by atoms with Gasteiger partial charge in [0.2, 0.25) is 5.82 Å². The minimum Gasteiger partial charge on any atom is -0.393 e. The van der Waals surface area contributed by atoms with Crippen molar-refractivity contribution in [2.45, 2.75) is 6.54 Å². The average Bonchev–Trinajstić information content (AvgIpc) is 3.20. The van der Waals surface area contributed by atoms with Gasteiger partial charge in [-0.05, 0) is 29.8 Å². The molecule has 0 unspecified atom stereocenters. The molecular weight excluding hydrogens is 346 g/mol. The molecule has 0 aliphatic rings. The summed E-state index contributed by atoms with van der Waals surface area (Å²) in [5.74, 6) is 0.113. The van der Waals surface area contributed by atoms with Crippen LogP contribution < -0.4 is 11.1 Å². The molecule has 0 bridgehead atoms. The largest absolute Gasteiger partial charge is 0.393 e. The number of H-pyrrole nitrogens is 1. The molecule has 9 heteroatoms. The standard InChI is InChI=1S/C18H15N7O2/c19-14-7-16(13-9-22-23-10-13)24-18(17(14)25(26)27)21-8-11-3-4-15-12(6-11)2-1-5-20-15/h1-7,9-10H,8H2,(H,22,23)(H3,19,21,24). The van der Waals surface area contributed by atoms with Crippen LogP contribution in [0.4, 0.5) is 17.2 Å². The van der Waals surface area contributed by atoms with Gasteiger partial charge < -0.3 is 11.1 Å². The van der Waals surface area contributed by atoms with Crippen molar-refractivity contribution in [3.63, 3.8) is 0 Å². The van der Waals surface area contributed by atoms with Crippen LogP contribution in [0.1, 0.15) is 5.56 Å². The van der Waals surface area contributed by atoms with Crippen LogP contribution in [-0.4, -0.2) is 25.1 Å². The van der Waals surface area contributed by atoms with Gasteiger partial charge in [-0.25, -0.2) is 4.98 Å². The zero-order chi connectivity index (χ0) is 18.8. The first-order valence-electron chi connectivity index (χ1n) is 8.13. The molecular formula is C18H15N7O2. The summed E-state index contributed by atoms with van der Waals surface area (Å²) in [6, 6.07) is 11.1. The van der Waals surface area contributed by atoms with E-state index in [1.807, 2.05) is 30.3 Å². The third kappa shape index (κ3) is 3.25. The lowest BCUT2D eigenvalue weighted by Gasteiger charge is -2.10. The maximum atomic E-state index is 11.4. The Labute approximate surface area is 153 Å². The van der Waals surface area contributed by atoms with Crippen LogP contribution in [0.3, 0.4) is 0 Å². The van der Waals surface area contributed by atoms with Crippen molar-refractivity contribution in [3.05, 3.63) is 70.7 Å². The fourth-order valence-electron chi connectivity index (χ4n) is 2.83. The number of fused-ring (bicyclic) bond motifs is 1. The van der Waals surface area contributed by atoms with E-state index in [2.05, 4.69) is 25.5 Å². The number of hydrogen-bond acceptors (Lipinski definition) is 7. The van der Waals surface area contributed by atoms with E-state index in [1.165, 1.54) is 6.07 Å². The number of nitrogens with zero attached hydrogens (tertiary/aromatic N) is 4. The Hall–Kier alpha value is -4.01. The molecule has 134 valence electrons. The zero-order valence-corrected chi connectivity index (χ0v) is 14.1. The van der Waals surface area contributed by atoms with Crippen molar-refractivity contribution in [2.75, 3.05) is 11.1 Å². The van der Waals surface area contributed by atoms with E-state index in [-0.39, 0.29) is 17.2 Å². The Kier molecular flexibility index (Phi) is 4.09. The van der Waals surface area contributed by atoms with Gasteiger partial charge in [0, 0.05) is 29.9 Å². The van der Waals surface area contributed by atoms with Crippen LogP contribution in [0, 0.1) is 10.1 Å². The molecule has 27 heavy (non-hydrogen) atoms. The van der Waals surface area contributed by atoms with Gasteiger partial charge in [0.25, 0.3) is 0 Å². The Bertz CT molecular complexity index is 1130. The second-order valence-corrected chi connectivity index (χ2v) is 5.92. The summed E-state index contributed by atoms with van der Waals surface area (Å²) in [4.78, 5) is 19.6. The van der Waals surface area contributed by atoms with E-state index in [0.29, 0.717) is 17.8 Å². The minimum atomic E-state index is -0.534. The summed E-state index contributed by atoms with van der Waals surface area (Å²) in [5, 5.41) is 22.0. The number of rotatable bonds is 5.